The van der Waals surface area contributed by atoms with Gasteiger partial charge in [0.25, 0.3) is 0 Å². The van der Waals surface area contributed by atoms with Gasteiger partial charge >= 0.3 is 5.97 Å². The van der Waals surface area contributed by atoms with E-state index < -0.39 is 12.0 Å². The number of hydrogen-bond donors (Lipinski definition) is 3. The van der Waals surface area contributed by atoms with Crippen LogP contribution in [0.25, 0.3) is 0 Å². The molecule has 1 atom stereocenters. The van der Waals surface area contributed by atoms with Crippen LogP contribution in [0.4, 0.5) is 0 Å². The lowest BCUT2D eigenvalue weighted by atomic mass is 9.73. The van der Waals surface area contributed by atoms with Crippen LogP contribution in [0, 0.1) is 11.8 Å². The van der Waals surface area contributed by atoms with Gasteiger partial charge in [-0.2, -0.15) is 0 Å². The maximum atomic E-state index is 12.8. The number of carbonyl (C=O) groups is 3. The molecule has 2 saturated carbocycles. The molecular weight excluding hydrogens is 332 g/mol. The predicted octanol–water partition coefficient (Wildman–Crippen LogP) is 2.65. The number of aliphatic carboxylic acids is 1. The van der Waals surface area contributed by atoms with E-state index in [1.807, 2.05) is 0 Å². The molecule has 0 aromatic carbocycles. The highest BCUT2D eigenvalue weighted by atomic mass is 16.4. The van der Waals surface area contributed by atoms with Crippen LogP contribution in [0.2, 0.25) is 0 Å². The second-order valence-corrected chi connectivity index (χ2v) is 8.52. The van der Waals surface area contributed by atoms with Gasteiger partial charge in [-0.25, -0.2) is 0 Å². The summed E-state index contributed by atoms with van der Waals surface area (Å²) in [7, 11) is 0. The molecule has 0 aromatic heterocycles. The summed E-state index contributed by atoms with van der Waals surface area (Å²) in [6, 6.07) is -0.417. The molecule has 26 heavy (non-hydrogen) atoms. The molecule has 6 nitrogen and oxygen atoms in total. The standard InChI is InChI=1S/C20H34N2O4/c1-14(2)12-16(22-19(26)15-6-3-4-7-15)17(23)8-11-20(9-5-10-20)21-13-18(24)25/h14-16,21H,3-13H2,1-2H3,(H,22,26)(H,24,25)/t16-/m0/s1. The third-order valence-electron chi connectivity index (χ3n) is 5.91. The zero-order valence-electron chi connectivity index (χ0n) is 16.2. The van der Waals surface area contributed by atoms with Gasteiger partial charge in [-0.15, -0.1) is 0 Å². The van der Waals surface area contributed by atoms with Crippen LogP contribution < -0.4 is 10.6 Å². The third-order valence-corrected chi connectivity index (χ3v) is 5.91. The van der Waals surface area contributed by atoms with E-state index in [1.54, 1.807) is 0 Å². The summed E-state index contributed by atoms with van der Waals surface area (Å²) in [5.74, 6) is -0.371. The van der Waals surface area contributed by atoms with E-state index in [1.165, 1.54) is 0 Å². The number of carbonyl (C=O) groups excluding carboxylic acids is 2. The van der Waals surface area contributed by atoms with Gasteiger partial charge in [-0.3, -0.25) is 14.4 Å². The fourth-order valence-corrected chi connectivity index (χ4v) is 4.14. The lowest BCUT2D eigenvalue weighted by Gasteiger charge is -2.43. The molecule has 0 heterocycles. The van der Waals surface area contributed by atoms with Gasteiger partial charge in [0.1, 0.15) is 0 Å². The van der Waals surface area contributed by atoms with Crippen LogP contribution in [-0.4, -0.2) is 40.9 Å². The van der Waals surface area contributed by atoms with Crippen molar-refractivity contribution in [3.05, 3.63) is 0 Å². The normalized spacial score (nSPS) is 20.6. The Morgan fingerprint density at radius 2 is 1.77 bits per heavy atom. The first-order chi connectivity index (χ1) is 12.3. The summed E-state index contributed by atoms with van der Waals surface area (Å²) in [5.41, 5.74) is -0.216. The van der Waals surface area contributed by atoms with Crippen LogP contribution in [0.5, 0.6) is 0 Å². The van der Waals surface area contributed by atoms with Crippen LogP contribution in [0.3, 0.4) is 0 Å². The monoisotopic (exact) mass is 366 g/mol. The smallest absolute Gasteiger partial charge is 0.317 e. The number of carboxylic acid groups (broad SMARTS) is 1. The number of nitrogens with one attached hydrogen (secondary N) is 2. The summed E-state index contributed by atoms with van der Waals surface area (Å²) in [6.45, 7) is 4.05. The van der Waals surface area contributed by atoms with Crippen LogP contribution in [0.1, 0.15) is 78.1 Å². The number of rotatable bonds is 11. The van der Waals surface area contributed by atoms with Crippen molar-refractivity contribution in [1.29, 1.82) is 0 Å². The molecule has 0 radical (unpaired) electrons. The number of amides is 1. The molecule has 1 amide bonds. The average Bonchev–Trinajstić information content (AvgIpc) is 3.06. The van der Waals surface area contributed by atoms with Crippen molar-refractivity contribution in [1.82, 2.24) is 10.6 Å². The first kappa shape index (κ1) is 20.9. The lowest BCUT2D eigenvalue weighted by Crippen LogP contribution is -2.53. The summed E-state index contributed by atoms with van der Waals surface area (Å²) in [5, 5.41) is 15.0. The van der Waals surface area contributed by atoms with E-state index in [9.17, 15) is 14.4 Å². The molecule has 2 fully saturated rings. The number of Topliss-reactive ketones (excluding diaryl/α,β-unsaturated/α-hetero) is 1. The average molecular weight is 367 g/mol. The van der Waals surface area contributed by atoms with E-state index in [0.717, 1.165) is 44.9 Å². The molecule has 0 unspecified atom stereocenters. The Labute approximate surface area is 156 Å². The van der Waals surface area contributed by atoms with Gasteiger partial charge < -0.3 is 15.7 Å². The highest BCUT2D eigenvalue weighted by Gasteiger charge is 2.38. The molecule has 0 aromatic rings. The first-order valence-electron chi connectivity index (χ1n) is 10.1. The second-order valence-electron chi connectivity index (χ2n) is 8.52. The second kappa shape index (κ2) is 9.49. The summed E-state index contributed by atoms with van der Waals surface area (Å²) >= 11 is 0. The Balaban J connectivity index is 1.88. The summed E-state index contributed by atoms with van der Waals surface area (Å²) in [4.78, 5) is 36.1. The molecule has 0 bridgehead atoms. The summed E-state index contributed by atoms with van der Waals surface area (Å²) in [6.07, 6.45) is 8.63. The van der Waals surface area contributed by atoms with Crippen molar-refractivity contribution < 1.29 is 19.5 Å². The molecule has 2 rings (SSSR count). The molecular formula is C20H34N2O4. The fraction of sp³-hybridized carbons (Fsp3) is 0.850. The Hall–Kier alpha value is -1.43. The Morgan fingerprint density at radius 3 is 2.27 bits per heavy atom. The van der Waals surface area contributed by atoms with Crippen molar-refractivity contribution >= 4 is 17.7 Å². The van der Waals surface area contributed by atoms with Gasteiger partial charge in [0.15, 0.2) is 5.78 Å². The van der Waals surface area contributed by atoms with E-state index in [0.29, 0.717) is 25.2 Å². The molecule has 0 saturated heterocycles. The van der Waals surface area contributed by atoms with Crippen LogP contribution in [-0.2, 0) is 14.4 Å². The minimum absolute atomic E-state index is 0.0314. The molecule has 3 N–H and O–H groups in total. The fourth-order valence-electron chi connectivity index (χ4n) is 4.14. The van der Waals surface area contributed by atoms with Crippen molar-refractivity contribution in [3.8, 4) is 0 Å². The Kier molecular flexibility index (Phi) is 7.62. The zero-order chi connectivity index (χ0) is 19.2. The molecule has 148 valence electrons. The quantitative estimate of drug-likeness (QED) is 0.522. The Bertz CT molecular complexity index is 508. The van der Waals surface area contributed by atoms with Crippen molar-refractivity contribution in [2.75, 3.05) is 6.54 Å². The zero-order valence-corrected chi connectivity index (χ0v) is 16.2. The largest absolute Gasteiger partial charge is 0.480 e. The van der Waals surface area contributed by atoms with Crippen LogP contribution in [0.15, 0.2) is 0 Å². The SMILES string of the molecule is CC(C)C[C@H](NC(=O)C1CCCC1)C(=O)CCC1(NCC(=O)O)CCC1. The van der Waals surface area contributed by atoms with Gasteiger partial charge in [-0.1, -0.05) is 26.7 Å². The van der Waals surface area contributed by atoms with Crippen molar-refractivity contribution in [2.24, 2.45) is 11.8 Å². The van der Waals surface area contributed by atoms with Gasteiger partial charge in [0.2, 0.25) is 5.91 Å². The third kappa shape index (κ3) is 6.08. The number of hydrogen-bond acceptors (Lipinski definition) is 4. The Morgan fingerprint density at radius 1 is 1.12 bits per heavy atom. The van der Waals surface area contributed by atoms with E-state index in [2.05, 4.69) is 24.5 Å². The minimum Gasteiger partial charge on any atom is -0.480 e. The maximum Gasteiger partial charge on any atom is 0.317 e. The van der Waals surface area contributed by atoms with Crippen molar-refractivity contribution in [2.45, 2.75) is 89.6 Å². The molecule has 0 spiro atoms. The molecule has 2 aliphatic carbocycles. The lowest BCUT2D eigenvalue weighted by molar-refractivity contribution is -0.136. The number of carboxylic acids is 1. The molecule has 2 aliphatic rings. The topological polar surface area (TPSA) is 95.5 Å². The van der Waals surface area contributed by atoms with Gasteiger partial charge in [-0.05, 0) is 50.9 Å². The number of ketones is 1. The van der Waals surface area contributed by atoms with E-state index in [4.69, 9.17) is 5.11 Å². The minimum atomic E-state index is -0.871. The highest BCUT2D eigenvalue weighted by molar-refractivity contribution is 5.89. The first-order valence-corrected chi connectivity index (χ1v) is 10.1. The highest BCUT2D eigenvalue weighted by Crippen LogP contribution is 2.36. The van der Waals surface area contributed by atoms with Gasteiger partial charge in [0, 0.05) is 17.9 Å². The molecule has 0 aliphatic heterocycles. The maximum absolute atomic E-state index is 12.8. The van der Waals surface area contributed by atoms with Crippen molar-refractivity contribution in [3.63, 3.8) is 0 Å². The van der Waals surface area contributed by atoms with Crippen LogP contribution >= 0.6 is 0 Å². The predicted molar refractivity (Wildman–Crippen MR) is 99.8 cm³/mol. The molecule has 6 heteroatoms. The van der Waals surface area contributed by atoms with E-state index in [-0.39, 0.29) is 29.7 Å². The summed E-state index contributed by atoms with van der Waals surface area (Å²) < 4.78 is 0. The van der Waals surface area contributed by atoms with E-state index >= 15 is 0 Å². The van der Waals surface area contributed by atoms with Gasteiger partial charge in [0.05, 0.1) is 12.6 Å².